The summed E-state index contributed by atoms with van der Waals surface area (Å²) in [4.78, 5) is 11.7. The van der Waals surface area contributed by atoms with E-state index in [4.69, 9.17) is 0 Å². The number of amides is 1. The van der Waals surface area contributed by atoms with Crippen molar-refractivity contribution in [1.82, 2.24) is 5.32 Å². The van der Waals surface area contributed by atoms with Crippen LogP contribution in [0.15, 0.2) is 54.6 Å². The van der Waals surface area contributed by atoms with Gasteiger partial charge in [0, 0.05) is 12.3 Å². The van der Waals surface area contributed by atoms with Gasteiger partial charge in [-0.05, 0) is 23.3 Å². The highest BCUT2D eigenvalue weighted by molar-refractivity contribution is 7.99. The van der Waals surface area contributed by atoms with Crippen molar-refractivity contribution < 1.29 is 18.0 Å². The summed E-state index contributed by atoms with van der Waals surface area (Å²) in [6.07, 6.45) is -4.37. The molecular weight excluding hydrogens is 323 g/mol. The molecule has 0 aliphatic heterocycles. The van der Waals surface area contributed by atoms with Gasteiger partial charge >= 0.3 is 6.18 Å². The fourth-order valence-corrected chi connectivity index (χ4v) is 2.76. The van der Waals surface area contributed by atoms with E-state index in [9.17, 15) is 18.0 Å². The first-order valence-corrected chi connectivity index (χ1v) is 8.15. The van der Waals surface area contributed by atoms with Crippen molar-refractivity contribution in [1.29, 1.82) is 0 Å². The molecule has 2 rings (SSSR count). The van der Waals surface area contributed by atoms with Crippen molar-refractivity contribution in [3.8, 4) is 0 Å². The van der Waals surface area contributed by atoms with Gasteiger partial charge in [-0.25, -0.2) is 0 Å². The molecule has 0 aromatic heterocycles. The van der Waals surface area contributed by atoms with E-state index in [1.165, 1.54) is 17.8 Å². The van der Waals surface area contributed by atoms with Crippen LogP contribution in [0.25, 0.3) is 0 Å². The molecule has 0 heterocycles. The highest BCUT2D eigenvalue weighted by Gasteiger charge is 2.30. The maximum atomic E-state index is 12.6. The minimum atomic E-state index is -4.37. The third-order valence-corrected chi connectivity index (χ3v) is 4.09. The fraction of sp³-hybridized carbons (Fsp3) is 0.235. The number of rotatable bonds is 6. The lowest BCUT2D eigenvalue weighted by Crippen LogP contribution is -2.24. The number of nitrogens with one attached hydrogen (secondary N) is 1. The van der Waals surface area contributed by atoms with Gasteiger partial charge in [0.05, 0.1) is 11.3 Å². The van der Waals surface area contributed by atoms with Crippen LogP contribution in [0.1, 0.15) is 16.7 Å². The second-order valence-electron chi connectivity index (χ2n) is 4.95. The van der Waals surface area contributed by atoms with Crippen LogP contribution in [0.4, 0.5) is 13.2 Å². The lowest BCUT2D eigenvalue weighted by molar-refractivity contribution is -0.137. The molecule has 0 saturated carbocycles. The summed E-state index contributed by atoms with van der Waals surface area (Å²) in [5.41, 5.74) is 0.854. The van der Waals surface area contributed by atoms with Gasteiger partial charge in [-0.2, -0.15) is 13.2 Å². The van der Waals surface area contributed by atoms with Crippen LogP contribution < -0.4 is 5.32 Å². The molecule has 0 aliphatic carbocycles. The first-order chi connectivity index (χ1) is 10.9. The summed E-state index contributed by atoms with van der Waals surface area (Å²) >= 11 is 1.46. The normalized spacial score (nSPS) is 11.3. The summed E-state index contributed by atoms with van der Waals surface area (Å²) in [6.45, 7) is 0.0919. The molecule has 122 valence electrons. The standard InChI is InChI=1S/C17H16F3NOS/c18-17(19,20)15-8-4-7-14(9-15)10-21-16(22)12-23-11-13-5-2-1-3-6-13/h1-9H,10-12H2,(H,21,22). The number of benzene rings is 2. The highest BCUT2D eigenvalue weighted by atomic mass is 32.2. The summed E-state index contributed by atoms with van der Waals surface area (Å²) in [7, 11) is 0. The Bertz CT molecular complexity index is 644. The summed E-state index contributed by atoms with van der Waals surface area (Å²) in [6, 6.07) is 14.7. The average molecular weight is 339 g/mol. The summed E-state index contributed by atoms with van der Waals surface area (Å²) in [5.74, 6) is 0.800. The number of halogens is 3. The largest absolute Gasteiger partial charge is 0.416 e. The second kappa shape index (κ2) is 8.06. The number of hydrogen-bond acceptors (Lipinski definition) is 2. The third-order valence-electron chi connectivity index (χ3n) is 3.09. The van der Waals surface area contributed by atoms with Crippen LogP contribution >= 0.6 is 11.8 Å². The smallest absolute Gasteiger partial charge is 0.351 e. The van der Waals surface area contributed by atoms with Gasteiger partial charge in [0.1, 0.15) is 0 Å². The Morgan fingerprint density at radius 2 is 1.70 bits per heavy atom. The zero-order chi connectivity index (χ0) is 16.7. The van der Waals surface area contributed by atoms with Crippen molar-refractivity contribution in [2.24, 2.45) is 0 Å². The zero-order valence-electron chi connectivity index (χ0n) is 12.3. The van der Waals surface area contributed by atoms with Gasteiger partial charge in [-0.15, -0.1) is 11.8 Å². The average Bonchev–Trinajstić information content (AvgIpc) is 2.53. The fourth-order valence-electron chi connectivity index (χ4n) is 1.95. The molecule has 1 amide bonds. The second-order valence-corrected chi connectivity index (χ2v) is 5.94. The van der Waals surface area contributed by atoms with Crippen LogP contribution in [-0.4, -0.2) is 11.7 Å². The minimum absolute atomic E-state index is 0.0919. The molecule has 6 heteroatoms. The van der Waals surface area contributed by atoms with E-state index in [2.05, 4.69) is 5.32 Å². The molecule has 0 radical (unpaired) electrons. The van der Waals surface area contributed by atoms with Crippen molar-refractivity contribution >= 4 is 17.7 Å². The lowest BCUT2D eigenvalue weighted by Gasteiger charge is -2.09. The molecule has 0 aliphatic rings. The van der Waals surface area contributed by atoms with Gasteiger partial charge in [0.25, 0.3) is 0 Å². The zero-order valence-corrected chi connectivity index (χ0v) is 13.1. The van der Waals surface area contributed by atoms with Crippen LogP contribution in [0, 0.1) is 0 Å². The molecule has 2 aromatic rings. The molecule has 0 fully saturated rings. The van der Waals surface area contributed by atoms with E-state index in [-0.39, 0.29) is 18.2 Å². The Morgan fingerprint density at radius 3 is 2.39 bits per heavy atom. The molecule has 23 heavy (non-hydrogen) atoms. The molecule has 0 saturated heterocycles. The van der Waals surface area contributed by atoms with E-state index in [1.807, 2.05) is 30.3 Å². The molecule has 2 aromatic carbocycles. The van der Waals surface area contributed by atoms with Crippen LogP contribution in [0.5, 0.6) is 0 Å². The van der Waals surface area contributed by atoms with Gasteiger partial charge in [-0.3, -0.25) is 4.79 Å². The number of alkyl halides is 3. The summed E-state index contributed by atoms with van der Waals surface area (Å²) in [5, 5.41) is 2.64. The number of hydrogen-bond donors (Lipinski definition) is 1. The Morgan fingerprint density at radius 1 is 1.00 bits per heavy atom. The van der Waals surface area contributed by atoms with Gasteiger partial charge in [-0.1, -0.05) is 42.5 Å². The molecule has 0 unspecified atom stereocenters. The Kier molecular flexibility index (Phi) is 6.10. The SMILES string of the molecule is O=C(CSCc1ccccc1)NCc1cccc(C(F)(F)F)c1. The molecule has 0 spiro atoms. The van der Waals surface area contributed by atoms with Crippen molar-refractivity contribution in [2.75, 3.05) is 5.75 Å². The Balaban J connectivity index is 1.76. The van der Waals surface area contributed by atoms with Crippen LogP contribution in [0.2, 0.25) is 0 Å². The Hall–Kier alpha value is -1.95. The lowest BCUT2D eigenvalue weighted by atomic mass is 10.1. The predicted molar refractivity (Wildman–Crippen MR) is 85.9 cm³/mol. The van der Waals surface area contributed by atoms with Gasteiger partial charge in [0.15, 0.2) is 0 Å². The van der Waals surface area contributed by atoms with E-state index in [0.29, 0.717) is 5.56 Å². The van der Waals surface area contributed by atoms with Gasteiger partial charge < -0.3 is 5.32 Å². The highest BCUT2D eigenvalue weighted by Crippen LogP contribution is 2.29. The molecule has 0 atom stereocenters. The molecule has 1 N–H and O–H groups in total. The molecule has 2 nitrogen and oxygen atoms in total. The molecule has 0 bridgehead atoms. The maximum Gasteiger partial charge on any atom is 0.416 e. The van der Waals surface area contributed by atoms with Crippen LogP contribution in [-0.2, 0) is 23.3 Å². The number of carbonyl (C=O) groups excluding carboxylic acids is 1. The summed E-state index contributed by atoms with van der Waals surface area (Å²) < 4.78 is 37.8. The monoisotopic (exact) mass is 339 g/mol. The van der Waals surface area contributed by atoms with Crippen LogP contribution in [0.3, 0.4) is 0 Å². The predicted octanol–water partition coefficient (Wildman–Crippen LogP) is 4.26. The minimum Gasteiger partial charge on any atom is -0.351 e. The maximum absolute atomic E-state index is 12.6. The third kappa shape index (κ3) is 5.98. The van der Waals surface area contributed by atoms with E-state index in [0.717, 1.165) is 23.4 Å². The first kappa shape index (κ1) is 17.4. The van der Waals surface area contributed by atoms with E-state index < -0.39 is 11.7 Å². The van der Waals surface area contributed by atoms with E-state index >= 15 is 0 Å². The number of thioether (sulfide) groups is 1. The van der Waals surface area contributed by atoms with Crippen molar-refractivity contribution in [3.63, 3.8) is 0 Å². The van der Waals surface area contributed by atoms with Gasteiger partial charge in [0.2, 0.25) is 5.91 Å². The first-order valence-electron chi connectivity index (χ1n) is 6.99. The quantitative estimate of drug-likeness (QED) is 0.852. The van der Waals surface area contributed by atoms with E-state index in [1.54, 1.807) is 6.07 Å². The Labute approximate surface area is 137 Å². The van der Waals surface area contributed by atoms with Crippen molar-refractivity contribution in [2.45, 2.75) is 18.5 Å². The molecular formula is C17H16F3NOS. The topological polar surface area (TPSA) is 29.1 Å². The van der Waals surface area contributed by atoms with Crippen molar-refractivity contribution in [3.05, 3.63) is 71.3 Å². The number of carbonyl (C=O) groups is 1.